The molecule has 0 spiro atoms. The van der Waals surface area contributed by atoms with Crippen molar-refractivity contribution in [2.24, 2.45) is 11.7 Å². The van der Waals surface area contributed by atoms with Gasteiger partial charge in [0.05, 0.1) is 0 Å². The molecule has 1 heterocycles. The van der Waals surface area contributed by atoms with Gasteiger partial charge in [0.15, 0.2) is 0 Å². The summed E-state index contributed by atoms with van der Waals surface area (Å²) in [6.07, 6.45) is 9.52. The molecule has 1 aliphatic carbocycles. The summed E-state index contributed by atoms with van der Waals surface area (Å²) in [5.41, 5.74) is 9.06. The van der Waals surface area contributed by atoms with E-state index >= 15 is 0 Å². The Morgan fingerprint density at radius 3 is 2.93 bits per heavy atom. The average Bonchev–Trinajstić information content (AvgIpc) is 2.47. The lowest BCUT2D eigenvalue weighted by atomic mass is 10.1. The van der Waals surface area contributed by atoms with Crippen LogP contribution in [0.2, 0.25) is 0 Å². The van der Waals surface area contributed by atoms with Crippen LogP contribution in [0.15, 0.2) is 12.4 Å². The van der Waals surface area contributed by atoms with E-state index in [0.29, 0.717) is 5.92 Å². The van der Waals surface area contributed by atoms with E-state index in [0.717, 1.165) is 13.0 Å². The standard InChI is InChI=1S/C13H22N2/c1-10(2)7-15-8-11-5-3-4-6-13(14)12(11)9-15/h8-10,13H,3-7,14H2,1-2H3. The van der Waals surface area contributed by atoms with Crippen molar-refractivity contribution in [3.8, 4) is 0 Å². The van der Waals surface area contributed by atoms with Crippen LogP contribution in [-0.2, 0) is 13.0 Å². The quantitative estimate of drug-likeness (QED) is 0.741. The van der Waals surface area contributed by atoms with Crippen LogP contribution >= 0.6 is 0 Å². The van der Waals surface area contributed by atoms with E-state index < -0.39 is 0 Å². The molecule has 1 atom stereocenters. The van der Waals surface area contributed by atoms with Crippen LogP contribution in [0.3, 0.4) is 0 Å². The second-order valence-corrected chi connectivity index (χ2v) is 5.18. The summed E-state index contributed by atoms with van der Waals surface area (Å²) in [7, 11) is 0. The Hall–Kier alpha value is -0.760. The van der Waals surface area contributed by atoms with Gasteiger partial charge in [0, 0.05) is 25.0 Å². The largest absolute Gasteiger partial charge is 0.353 e. The Balaban J connectivity index is 2.21. The topological polar surface area (TPSA) is 30.9 Å². The maximum Gasteiger partial charge on any atom is 0.0312 e. The van der Waals surface area contributed by atoms with Crippen molar-refractivity contribution in [2.45, 2.75) is 52.1 Å². The molecular formula is C13H22N2. The van der Waals surface area contributed by atoms with Gasteiger partial charge in [0.25, 0.3) is 0 Å². The number of rotatable bonds is 2. The summed E-state index contributed by atoms with van der Waals surface area (Å²) in [5.74, 6) is 0.706. The minimum absolute atomic E-state index is 0.274. The van der Waals surface area contributed by atoms with Gasteiger partial charge in [-0.3, -0.25) is 0 Å². The Kier molecular flexibility index (Phi) is 3.15. The highest BCUT2D eigenvalue weighted by molar-refractivity contribution is 5.28. The molecule has 0 bridgehead atoms. The van der Waals surface area contributed by atoms with E-state index in [4.69, 9.17) is 5.73 Å². The molecule has 15 heavy (non-hydrogen) atoms. The van der Waals surface area contributed by atoms with E-state index in [2.05, 4.69) is 30.8 Å². The van der Waals surface area contributed by atoms with Gasteiger partial charge in [0.2, 0.25) is 0 Å². The molecule has 1 unspecified atom stereocenters. The number of fused-ring (bicyclic) bond motifs is 1. The molecular weight excluding hydrogens is 184 g/mol. The minimum Gasteiger partial charge on any atom is -0.353 e. The first-order valence-electron chi connectivity index (χ1n) is 6.11. The molecule has 84 valence electrons. The summed E-state index contributed by atoms with van der Waals surface area (Å²) in [5, 5.41) is 0. The van der Waals surface area contributed by atoms with Crippen LogP contribution in [0.1, 0.15) is 50.3 Å². The third-order valence-corrected chi connectivity index (χ3v) is 3.18. The van der Waals surface area contributed by atoms with Crippen LogP contribution in [-0.4, -0.2) is 4.57 Å². The van der Waals surface area contributed by atoms with Crippen molar-refractivity contribution in [1.29, 1.82) is 0 Å². The molecule has 1 aromatic heterocycles. The lowest BCUT2D eigenvalue weighted by Gasteiger charge is -2.08. The highest BCUT2D eigenvalue weighted by atomic mass is 14.9. The van der Waals surface area contributed by atoms with Crippen molar-refractivity contribution >= 4 is 0 Å². The smallest absolute Gasteiger partial charge is 0.0312 e. The Morgan fingerprint density at radius 2 is 2.20 bits per heavy atom. The minimum atomic E-state index is 0.274. The van der Waals surface area contributed by atoms with Gasteiger partial charge in [-0.25, -0.2) is 0 Å². The van der Waals surface area contributed by atoms with Gasteiger partial charge >= 0.3 is 0 Å². The third kappa shape index (κ3) is 2.43. The molecule has 0 fully saturated rings. The van der Waals surface area contributed by atoms with Gasteiger partial charge in [-0.15, -0.1) is 0 Å². The Labute approximate surface area is 92.5 Å². The first kappa shape index (κ1) is 10.7. The number of aryl methyl sites for hydroxylation is 1. The van der Waals surface area contributed by atoms with E-state index in [9.17, 15) is 0 Å². The average molecular weight is 206 g/mol. The summed E-state index contributed by atoms with van der Waals surface area (Å²) in [6, 6.07) is 0.274. The van der Waals surface area contributed by atoms with Crippen LogP contribution in [0.25, 0.3) is 0 Å². The van der Waals surface area contributed by atoms with E-state index in [1.165, 1.54) is 30.4 Å². The van der Waals surface area contributed by atoms with Gasteiger partial charge in [-0.05, 0) is 36.3 Å². The summed E-state index contributed by atoms with van der Waals surface area (Å²) < 4.78 is 2.32. The van der Waals surface area contributed by atoms with Gasteiger partial charge < -0.3 is 10.3 Å². The molecule has 0 aromatic carbocycles. The molecule has 1 aliphatic rings. The van der Waals surface area contributed by atoms with E-state index in [-0.39, 0.29) is 6.04 Å². The lowest BCUT2D eigenvalue weighted by Crippen LogP contribution is -2.09. The second-order valence-electron chi connectivity index (χ2n) is 5.18. The Morgan fingerprint density at radius 1 is 1.40 bits per heavy atom. The molecule has 0 saturated heterocycles. The monoisotopic (exact) mass is 206 g/mol. The maximum absolute atomic E-state index is 6.18. The van der Waals surface area contributed by atoms with Crippen molar-refractivity contribution in [3.63, 3.8) is 0 Å². The molecule has 2 nitrogen and oxygen atoms in total. The molecule has 2 rings (SSSR count). The van der Waals surface area contributed by atoms with Gasteiger partial charge in [-0.2, -0.15) is 0 Å². The van der Waals surface area contributed by atoms with E-state index in [1.807, 2.05) is 0 Å². The number of hydrogen-bond acceptors (Lipinski definition) is 1. The van der Waals surface area contributed by atoms with Crippen molar-refractivity contribution in [3.05, 3.63) is 23.5 Å². The zero-order valence-electron chi connectivity index (χ0n) is 9.87. The fraction of sp³-hybridized carbons (Fsp3) is 0.692. The molecule has 1 aromatic rings. The van der Waals surface area contributed by atoms with Crippen molar-refractivity contribution < 1.29 is 0 Å². The van der Waals surface area contributed by atoms with Gasteiger partial charge in [-0.1, -0.05) is 20.3 Å². The fourth-order valence-electron chi connectivity index (χ4n) is 2.48. The highest BCUT2D eigenvalue weighted by Gasteiger charge is 2.17. The fourth-order valence-corrected chi connectivity index (χ4v) is 2.48. The first-order valence-corrected chi connectivity index (χ1v) is 6.11. The SMILES string of the molecule is CC(C)Cn1cc2c(c1)C(N)CCCC2. The normalized spacial score (nSPS) is 21.5. The number of nitrogens with zero attached hydrogens (tertiary/aromatic N) is 1. The number of hydrogen-bond donors (Lipinski definition) is 1. The predicted octanol–water partition coefficient (Wildman–Crippen LogP) is 2.87. The zero-order chi connectivity index (χ0) is 10.8. The van der Waals surface area contributed by atoms with Crippen LogP contribution in [0.5, 0.6) is 0 Å². The Bertz CT molecular complexity index is 325. The molecule has 0 aliphatic heterocycles. The molecule has 0 amide bonds. The summed E-state index contributed by atoms with van der Waals surface area (Å²) in [4.78, 5) is 0. The highest BCUT2D eigenvalue weighted by Crippen LogP contribution is 2.27. The van der Waals surface area contributed by atoms with Crippen molar-refractivity contribution in [1.82, 2.24) is 4.57 Å². The molecule has 0 saturated carbocycles. The predicted molar refractivity (Wildman–Crippen MR) is 63.8 cm³/mol. The number of aromatic nitrogens is 1. The van der Waals surface area contributed by atoms with Crippen LogP contribution < -0.4 is 5.73 Å². The summed E-state index contributed by atoms with van der Waals surface area (Å²) >= 11 is 0. The molecule has 2 N–H and O–H groups in total. The number of nitrogens with two attached hydrogens (primary N) is 1. The second kappa shape index (κ2) is 4.40. The summed E-state index contributed by atoms with van der Waals surface area (Å²) in [6.45, 7) is 5.62. The third-order valence-electron chi connectivity index (χ3n) is 3.18. The maximum atomic E-state index is 6.18. The first-order chi connectivity index (χ1) is 7.16. The van der Waals surface area contributed by atoms with Crippen LogP contribution in [0.4, 0.5) is 0 Å². The van der Waals surface area contributed by atoms with Gasteiger partial charge in [0.1, 0.15) is 0 Å². The lowest BCUT2D eigenvalue weighted by molar-refractivity contribution is 0.520. The zero-order valence-corrected chi connectivity index (χ0v) is 9.87. The molecule has 0 radical (unpaired) electrons. The molecule has 2 heteroatoms. The van der Waals surface area contributed by atoms with Crippen LogP contribution in [0, 0.1) is 5.92 Å². The van der Waals surface area contributed by atoms with E-state index in [1.54, 1.807) is 0 Å². The van der Waals surface area contributed by atoms with Crippen molar-refractivity contribution in [2.75, 3.05) is 0 Å².